The van der Waals surface area contributed by atoms with Crippen LogP contribution in [-0.2, 0) is 47.9 Å². The van der Waals surface area contributed by atoms with Crippen LogP contribution in [-0.4, -0.2) is 185 Å². The Balaban J connectivity index is 6.29. The van der Waals surface area contributed by atoms with Crippen LogP contribution in [0.4, 0.5) is 0 Å². The molecule has 9 atom stereocenters. The van der Waals surface area contributed by atoms with Gasteiger partial charge in [0.05, 0.1) is 31.4 Å². The number of aliphatic imine (C=N–C) groups is 1. The van der Waals surface area contributed by atoms with Crippen molar-refractivity contribution in [2.45, 2.75) is 120 Å². The molecule has 0 saturated heterocycles. The van der Waals surface area contributed by atoms with Crippen LogP contribution >= 0.6 is 0 Å². The molecule has 364 valence electrons. The standard InChI is InChI=1S/C36H66N14O14/c1-17(45-34(63)28(19(3)53)48-30(59)20(38)10-11-24(39)54)29(58)46-21(8-7-13-42-36(40)41)35(64)50(4)23(9-5-6-12-37)32(61)47-22(16-51)31(60)49-27(18(2)52)33(62)44-14-25(55)43-15-26(56)57/h17-23,27-28,51-53H,5-16,37-38H2,1-4H3,(H2,39,54)(H,43,55)(H,44,62)(H,45,63)(H,46,58)(H,47,61)(H,48,59)(H,49,60)(H,56,57)(H4,40,41,42)/t17-,18+,19+,20-,21-,22-,23-,27-,28-/m0/s1. The number of nitrogens with one attached hydrogen (secondary N) is 7. The Labute approximate surface area is 369 Å². The Hall–Kier alpha value is -6.23. The van der Waals surface area contributed by atoms with Crippen molar-refractivity contribution in [2.24, 2.45) is 33.7 Å². The first-order valence-corrected chi connectivity index (χ1v) is 20.2. The molecule has 28 nitrogen and oxygen atoms in total. The molecule has 0 radical (unpaired) electrons. The quantitative estimate of drug-likeness (QED) is 0.0174. The zero-order valence-corrected chi connectivity index (χ0v) is 36.3. The van der Waals surface area contributed by atoms with E-state index in [2.05, 4.69) is 36.9 Å². The fourth-order valence-corrected chi connectivity index (χ4v) is 5.54. The van der Waals surface area contributed by atoms with E-state index in [0.29, 0.717) is 6.42 Å². The number of primary amides is 1. The van der Waals surface area contributed by atoms with E-state index in [1.165, 1.54) is 20.9 Å². The van der Waals surface area contributed by atoms with Crippen LogP contribution in [0.1, 0.15) is 65.7 Å². The number of carboxylic acids is 1. The molecule has 0 heterocycles. The molecule has 0 aromatic heterocycles. The van der Waals surface area contributed by atoms with Crippen molar-refractivity contribution in [3.8, 4) is 0 Å². The van der Waals surface area contributed by atoms with E-state index in [1.54, 1.807) is 0 Å². The van der Waals surface area contributed by atoms with Crippen LogP contribution in [0.15, 0.2) is 4.99 Å². The molecular weight excluding hydrogens is 852 g/mol. The zero-order chi connectivity index (χ0) is 49.3. The van der Waals surface area contributed by atoms with Gasteiger partial charge in [-0.15, -0.1) is 0 Å². The fourth-order valence-electron chi connectivity index (χ4n) is 5.54. The van der Waals surface area contributed by atoms with Crippen molar-refractivity contribution in [3.05, 3.63) is 0 Å². The number of aliphatic hydroxyl groups excluding tert-OH is 3. The number of rotatable bonds is 31. The second-order valence-electron chi connectivity index (χ2n) is 14.7. The second kappa shape index (κ2) is 30.0. The number of guanidine groups is 1. The molecule has 64 heavy (non-hydrogen) atoms. The van der Waals surface area contributed by atoms with Crippen molar-refractivity contribution >= 4 is 65.1 Å². The number of carboxylic acid groups (broad SMARTS) is 1. The third kappa shape index (κ3) is 22.2. The minimum atomic E-state index is -1.76. The smallest absolute Gasteiger partial charge is 0.322 e. The van der Waals surface area contributed by atoms with Crippen molar-refractivity contribution in [1.82, 2.24) is 42.1 Å². The van der Waals surface area contributed by atoms with E-state index in [1.807, 2.05) is 5.32 Å². The lowest BCUT2D eigenvalue weighted by Gasteiger charge is -2.32. The molecule has 0 aromatic carbocycles. The molecule has 0 rings (SSSR count). The van der Waals surface area contributed by atoms with Crippen LogP contribution in [0.2, 0.25) is 0 Å². The molecule has 9 amide bonds. The SMILES string of the molecule is C[C@H](NC(=O)[C@@H](NC(=O)[C@@H](N)CCC(N)=O)[C@@H](C)O)C(=O)N[C@@H](CCCN=C(N)N)C(=O)N(C)[C@@H](CCCCN)C(=O)N[C@@H](CO)C(=O)N[C@H](C(=O)NCC(=O)NCC(=O)O)[C@@H](C)O. The Bertz CT molecular complexity index is 1640. The van der Waals surface area contributed by atoms with Gasteiger partial charge in [0.25, 0.3) is 0 Å². The van der Waals surface area contributed by atoms with E-state index < -0.39 is 133 Å². The Morgan fingerprint density at radius 3 is 1.77 bits per heavy atom. The summed E-state index contributed by atoms with van der Waals surface area (Å²) >= 11 is 0. The number of likely N-dealkylation sites (N-methyl/N-ethyl adjacent to an activating group) is 1. The summed E-state index contributed by atoms with van der Waals surface area (Å²) in [6.45, 7) is 1.26. The van der Waals surface area contributed by atoms with Crippen LogP contribution in [0.25, 0.3) is 0 Å². The number of amides is 9. The predicted octanol–water partition coefficient (Wildman–Crippen LogP) is -8.90. The zero-order valence-electron chi connectivity index (χ0n) is 36.3. The lowest BCUT2D eigenvalue weighted by atomic mass is 10.0. The lowest BCUT2D eigenvalue weighted by molar-refractivity contribution is -0.143. The number of aliphatic hydroxyl groups is 3. The molecule has 28 heteroatoms. The molecule has 0 bridgehead atoms. The monoisotopic (exact) mass is 918 g/mol. The summed E-state index contributed by atoms with van der Waals surface area (Å²) in [5, 5.41) is 54.9. The number of unbranched alkanes of at least 4 members (excludes halogenated alkanes) is 1. The first kappa shape index (κ1) is 57.8. The largest absolute Gasteiger partial charge is 0.480 e. The van der Waals surface area contributed by atoms with Crippen LogP contribution in [0.3, 0.4) is 0 Å². The van der Waals surface area contributed by atoms with Gasteiger partial charge in [-0.2, -0.15) is 0 Å². The average molecular weight is 919 g/mol. The van der Waals surface area contributed by atoms with Gasteiger partial charge in [-0.25, -0.2) is 0 Å². The number of hydrogen-bond donors (Lipinski definition) is 16. The summed E-state index contributed by atoms with van der Waals surface area (Å²) in [6.07, 6.45) is -2.84. The fraction of sp³-hybridized carbons (Fsp3) is 0.694. The number of nitrogens with two attached hydrogens (primary N) is 5. The summed E-state index contributed by atoms with van der Waals surface area (Å²) in [6, 6.07) is -10.5. The highest BCUT2D eigenvalue weighted by molar-refractivity contribution is 5.97. The molecule has 0 aliphatic rings. The molecule has 0 aliphatic carbocycles. The Morgan fingerprint density at radius 1 is 0.656 bits per heavy atom. The summed E-state index contributed by atoms with van der Waals surface area (Å²) in [4.78, 5) is 132. The molecule has 21 N–H and O–H groups in total. The van der Waals surface area contributed by atoms with E-state index in [-0.39, 0.29) is 57.6 Å². The maximum atomic E-state index is 14.1. The van der Waals surface area contributed by atoms with Gasteiger partial charge in [0, 0.05) is 20.0 Å². The number of carbonyl (C=O) groups is 10. The van der Waals surface area contributed by atoms with Gasteiger partial charge < -0.3 is 91.2 Å². The highest BCUT2D eigenvalue weighted by atomic mass is 16.4. The lowest BCUT2D eigenvalue weighted by Crippen LogP contribution is -2.61. The summed E-state index contributed by atoms with van der Waals surface area (Å²) < 4.78 is 0. The van der Waals surface area contributed by atoms with Gasteiger partial charge in [-0.05, 0) is 65.8 Å². The maximum absolute atomic E-state index is 14.1. The van der Waals surface area contributed by atoms with Crippen LogP contribution in [0, 0.1) is 0 Å². The van der Waals surface area contributed by atoms with E-state index in [9.17, 15) is 63.3 Å². The van der Waals surface area contributed by atoms with Gasteiger partial charge in [0.2, 0.25) is 53.2 Å². The number of carbonyl (C=O) groups excluding carboxylic acids is 9. The minimum Gasteiger partial charge on any atom is -0.480 e. The van der Waals surface area contributed by atoms with Crippen molar-refractivity contribution in [3.63, 3.8) is 0 Å². The molecular formula is C36H66N14O14. The average Bonchev–Trinajstić information content (AvgIpc) is 3.22. The molecule has 0 aliphatic heterocycles. The van der Waals surface area contributed by atoms with Gasteiger partial charge in [-0.1, -0.05) is 0 Å². The van der Waals surface area contributed by atoms with Gasteiger partial charge in [0.15, 0.2) is 5.96 Å². The summed E-state index contributed by atoms with van der Waals surface area (Å²) in [7, 11) is 1.23. The van der Waals surface area contributed by atoms with E-state index in [4.69, 9.17) is 33.8 Å². The molecule has 0 fully saturated rings. The molecule has 0 unspecified atom stereocenters. The number of hydrogen-bond acceptors (Lipinski definition) is 16. The predicted molar refractivity (Wildman–Crippen MR) is 225 cm³/mol. The molecule has 0 spiro atoms. The number of aliphatic carboxylic acids is 1. The Kier molecular flexibility index (Phi) is 27.0. The minimum absolute atomic E-state index is 0.00638. The second-order valence-corrected chi connectivity index (χ2v) is 14.7. The van der Waals surface area contributed by atoms with Crippen molar-refractivity contribution < 1.29 is 68.4 Å². The van der Waals surface area contributed by atoms with Crippen molar-refractivity contribution in [2.75, 3.05) is 39.8 Å². The summed E-state index contributed by atoms with van der Waals surface area (Å²) in [5.41, 5.74) is 27.3. The molecule has 0 aromatic rings. The normalized spacial score (nSPS) is 15.1. The van der Waals surface area contributed by atoms with E-state index >= 15 is 0 Å². The maximum Gasteiger partial charge on any atom is 0.322 e. The number of nitrogens with zero attached hydrogens (tertiary/aromatic N) is 2. The van der Waals surface area contributed by atoms with Crippen molar-refractivity contribution in [1.29, 1.82) is 0 Å². The first-order chi connectivity index (χ1) is 29.9. The van der Waals surface area contributed by atoms with E-state index in [0.717, 1.165) is 11.8 Å². The summed E-state index contributed by atoms with van der Waals surface area (Å²) in [5.74, 6) is -10.1. The topological polar surface area (TPSA) is 482 Å². The molecule has 0 saturated carbocycles. The van der Waals surface area contributed by atoms with Gasteiger partial charge in [0.1, 0.15) is 42.8 Å². The van der Waals surface area contributed by atoms with Crippen LogP contribution in [0.5, 0.6) is 0 Å². The Morgan fingerprint density at radius 2 is 1.23 bits per heavy atom. The third-order valence-corrected chi connectivity index (χ3v) is 9.20. The van der Waals surface area contributed by atoms with Gasteiger partial charge >= 0.3 is 5.97 Å². The third-order valence-electron chi connectivity index (χ3n) is 9.20. The van der Waals surface area contributed by atoms with Gasteiger partial charge in [-0.3, -0.25) is 52.9 Å². The highest BCUT2D eigenvalue weighted by Gasteiger charge is 2.36. The van der Waals surface area contributed by atoms with Crippen LogP contribution < -0.4 is 65.9 Å². The first-order valence-electron chi connectivity index (χ1n) is 20.2. The highest BCUT2D eigenvalue weighted by Crippen LogP contribution is 2.13.